The molecule has 0 radical (unpaired) electrons. The summed E-state index contributed by atoms with van der Waals surface area (Å²) in [5.74, 6) is -0.269. The molecule has 0 saturated carbocycles. The molecule has 3 aliphatic rings. The standard InChI is InChI=1S/C20H24ClF3N4O3/c21-14-4-2-1-3-13(14)18(20(22,23)24)25-7-12-8-28(9-12)19(30)27-6-5-16-15(10-27)26-17(29)11-31-16/h1-4,12,15-16,18,25H,5-11H2,(H,26,29)/t15-,16+,18?/m1/s1. The lowest BCUT2D eigenvalue weighted by molar-refractivity contribution is -0.158. The number of urea groups is 1. The summed E-state index contributed by atoms with van der Waals surface area (Å²) in [6.45, 7) is 1.82. The molecule has 1 unspecified atom stereocenters. The van der Waals surface area contributed by atoms with E-state index in [-0.39, 0.29) is 53.7 Å². The molecule has 7 nitrogen and oxygen atoms in total. The van der Waals surface area contributed by atoms with Crippen LogP contribution in [0.4, 0.5) is 18.0 Å². The van der Waals surface area contributed by atoms with Crippen molar-refractivity contribution in [1.82, 2.24) is 20.4 Å². The molecule has 11 heteroatoms. The number of morpholine rings is 1. The van der Waals surface area contributed by atoms with Gasteiger partial charge in [-0.05, 0) is 18.1 Å². The van der Waals surface area contributed by atoms with Crippen LogP contribution >= 0.6 is 11.6 Å². The molecule has 0 bridgehead atoms. The first-order valence-corrected chi connectivity index (χ1v) is 10.6. The minimum Gasteiger partial charge on any atom is -0.366 e. The fourth-order valence-electron chi connectivity index (χ4n) is 4.32. The predicted molar refractivity (Wildman–Crippen MR) is 107 cm³/mol. The molecule has 0 aliphatic carbocycles. The topological polar surface area (TPSA) is 73.9 Å². The average molecular weight is 461 g/mol. The summed E-state index contributed by atoms with van der Waals surface area (Å²) in [5, 5.41) is 5.49. The van der Waals surface area contributed by atoms with Crippen molar-refractivity contribution in [2.24, 2.45) is 5.92 Å². The van der Waals surface area contributed by atoms with E-state index in [9.17, 15) is 22.8 Å². The summed E-state index contributed by atoms with van der Waals surface area (Å²) in [6, 6.07) is 3.66. The van der Waals surface area contributed by atoms with Gasteiger partial charge >= 0.3 is 12.2 Å². The molecule has 3 heterocycles. The molecule has 4 rings (SSSR count). The van der Waals surface area contributed by atoms with Gasteiger partial charge in [0, 0.05) is 43.7 Å². The predicted octanol–water partition coefficient (Wildman–Crippen LogP) is 2.17. The van der Waals surface area contributed by atoms with Gasteiger partial charge in [0.05, 0.1) is 12.1 Å². The fraction of sp³-hybridized carbons (Fsp3) is 0.600. The number of piperidine rings is 1. The zero-order chi connectivity index (χ0) is 22.2. The Labute approximate surface area is 182 Å². The fourth-order valence-corrected chi connectivity index (χ4v) is 4.57. The maximum atomic E-state index is 13.5. The maximum absolute atomic E-state index is 13.5. The number of ether oxygens (including phenoxy) is 1. The van der Waals surface area contributed by atoms with Crippen molar-refractivity contribution in [3.63, 3.8) is 0 Å². The van der Waals surface area contributed by atoms with Gasteiger partial charge in [0.2, 0.25) is 5.91 Å². The Morgan fingerprint density at radius 1 is 1.26 bits per heavy atom. The molecular formula is C20H24ClF3N4O3. The Morgan fingerprint density at radius 2 is 2.00 bits per heavy atom. The lowest BCUT2D eigenvalue weighted by Gasteiger charge is -2.46. The van der Waals surface area contributed by atoms with Crippen molar-refractivity contribution < 1.29 is 27.5 Å². The number of nitrogens with one attached hydrogen (secondary N) is 2. The Hall–Kier alpha value is -2.04. The van der Waals surface area contributed by atoms with Crippen LogP contribution < -0.4 is 10.6 Å². The van der Waals surface area contributed by atoms with Crippen LogP contribution in [-0.4, -0.2) is 79.4 Å². The highest BCUT2D eigenvalue weighted by Crippen LogP contribution is 2.36. The summed E-state index contributed by atoms with van der Waals surface area (Å²) >= 11 is 5.96. The molecule has 3 fully saturated rings. The van der Waals surface area contributed by atoms with Crippen LogP contribution in [0.25, 0.3) is 0 Å². The van der Waals surface area contributed by atoms with Crippen molar-refractivity contribution in [1.29, 1.82) is 0 Å². The second kappa shape index (κ2) is 8.84. The third-order valence-electron chi connectivity index (χ3n) is 5.98. The van der Waals surface area contributed by atoms with Crippen LogP contribution in [0.2, 0.25) is 5.02 Å². The quantitative estimate of drug-likeness (QED) is 0.722. The molecule has 3 saturated heterocycles. The molecule has 0 spiro atoms. The van der Waals surface area contributed by atoms with Crippen LogP contribution in [0.15, 0.2) is 24.3 Å². The van der Waals surface area contributed by atoms with Gasteiger partial charge in [-0.1, -0.05) is 29.8 Å². The molecule has 0 aromatic heterocycles. The number of rotatable bonds is 4. The lowest BCUT2D eigenvalue weighted by atomic mass is 9.98. The highest BCUT2D eigenvalue weighted by molar-refractivity contribution is 6.31. The van der Waals surface area contributed by atoms with Crippen LogP contribution in [0.5, 0.6) is 0 Å². The number of hydrogen-bond acceptors (Lipinski definition) is 4. The smallest absolute Gasteiger partial charge is 0.366 e. The number of halogens is 4. The molecule has 31 heavy (non-hydrogen) atoms. The summed E-state index contributed by atoms with van der Waals surface area (Å²) < 4.78 is 46.1. The number of benzene rings is 1. The Kier molecular flexibility index (Phi) is 6.32. The molecule has 3 amide bonds. The highest BCUT2D eigenvalue weighted by Gasteiger charge is 2.43. The van der Waals surface area contributed by atoms with Gasteiger partial charge in [0.1, 0.15) is 12.6 Å². The molecule has 2 N–H and O–H groups in total. The van der Waals surface area contributed by atoms with E-state index in [1.807, 2.05) is 0 Å². The number of carbonyl (C=O) groups is 2. The first-order valence-electron chi connectivity index (χ1n) is 10.2. The van der Waals surface area contributed by atoms with E-state index in [1.165, 1.54) is 18.2 Å². The van der Waals surface area contributed by atoms with Gasteiger partial charge in [0.25, 0.3) is 0 Å². The largest absolute Gasteiger partial charge is 0.407 e. The normalized spacial score (nSPS) is 25.5. The molecule has 1 aromatic carbocycles. The molecule has 3 aliphatic heterocycles. The second-order valence-electron chi connectivity index (χ2n) is 8.22. The van der Waals surface area contributed by atoms with E-state index < -0.39 is 12.2 Å². The molecule has 170 valence electrons. The number of hydrogen-bond donors (Lipinski definition) is 2. The summed E-state index contributed by atoms with van der Waals surface area (Å²) in [4.78, 5) is 27.5. The monoisotopic (exact) mass is 460 g/mol. The van der Waals surface area contributed by atoms with Gasteiger partial charge in [-0.15, -0.1) is 0 Å². The molecule has 3 atom stereocenters. The zero-order valence-corrected chi connectivity index (χ0v) is 17.5. The van der Waals surface area contributed by atoms with Gasteiger partial charge in [-0.25, -0.2) is 4.79 Å². The first kappa shape index (κ1) is 22.2. The van der Waals surface area contributed by atoms with Gasteiger partial charge in [-0.2, -0.15) is 13.2 Å². The van der Waals surface area contributed by atoms with Crippen molar-refractivity contribution in [3.8, 4) is 0 Å². The molecule has 1 aromatic rings. The second-order valence-corrected chi connectivity index (χ2v) is 8.62. The van der Waals surface area contributed by atoms with E-state index in [1.54, 1.807) is 15.9 Å². The number of alkyl halides is 3. The SMILES string of the molecule is O=C1CO[C@H]2CCN(C(=O)N3CC(CNC(c4ccccc4Cl)C(F)(F)F)C3)C[C@H]2N1. The number of fused-ring (bicyclic) bond motifs is 1. The number of carbonyl (C=O) groups excluding carboxylic acids is 2. The van der Waals surface area contributed by atoms with Crippen molar-refractivity contribution in [2.45, 2.75) is 30.8 Å². The van der Waals surface area contributed by atoms with Crippen LogP contribution in [0, 0.1) is 5.92 Å². The van der Waals surface area contributed by atoms with Gasteiger partial charge < -0.3 is 25.2 Å². The summed E-state index contributed by atoms with van der Waals surface area (Å²) in [5.41, 5.74) is -0.0106. The number of likely N-dealkylation sites (tertiary alicyclic amines) is 2. The van der Waals surface area contributed by atoms with Crippen LogP contribution in [0.1, 0.15) is 18.0 Å². The Balaban J connectivity index is 1.27. The third-order valence-corrected chi connectivity index (χ3v) is 6.32. The van der Waals surface area contributed by atoms with Crippen LogP contribution in [-0.2, 0) is 9.53 Å². The number of amides is 3. The third kappa shape index (κ3) is 4.91. The van der Waals surface area contributed by atoms with Crippen molar-refractivity contribution >= 4 is 23.5 Å². The van der Waals surface area contributed by atoms with E-state index in [2.05, 4.69) is 10.6 Å². The Morgan fingerprint density at radius 3 is 2.71 bits per heavy atom. The van der Waals surface area contributed by atoms with E-state index in [0.29, 0.717) is 32.6 Å². The summed E-state index contributed by atoms with van der Waals surface area (Å²) in [7, 11) is 0. The zero-order valence-electron chi connectivity index (χ0n) is 16.7. The van der Waals surface area contributed by atoms with E-state index in [4.69, 9.17) is 16.3 Å². The van der Waals surface area contributed by atoms with Crippen molar-refractivity contribution in [3.05, 3.63) is 34.9 Å². The maximum Gasteiger partial charge on any atom is 0.407 e. The van der Waals surface area contributed by atoms with Crippen molar-refractivity contribution in [2.75, 3.05) is 39.3 Å². The highest BCUT2D eigenvalue weighted by atomic mass is 35.5. The van der Waals surface area contributed by atoms with Gasteiger partial charge in [-0.3, -0.25) is 4.79 Å². The summed E-state index contributed by atoms with van der Waals surface area (Å²) in [6.07, 6.45) is -3.93. The lowest BCUT2D eigenvalue weighted by Crippen LogP contribution is -2.64. The van der Waals surface area contributed by atoms with E-state index in [0.717, 1.165) is 0 Å². The van der Waals surface area contributed by atoms with E-state index >= 15 is 0 Å². The minimum atomic E-state index is -4.49. The van der Waals surface area contributed by atoms with Crippen LogP contribution in [0.3, 0.4) is 0 Å². The van der Waals surface area contributed by atoms with Gasteiger partial charge in [0.15, 0.2) is 0 Å². The minimum absolute atomic E-state index is 0.0106. The molecular weight excluding hydrogens is 437 g/mol. The number of nitrogens with zero attached hydrogens (tertiary/aromatic N) is 2. The average Bonchev–Trinajstić information content (AvgIpc) is 2.68. The first-order chi connectivity index (χ1) is 14.7. The Bertz CT molecular complexity index is 834.